The van der Waals surface area contributed by atoms with Crippen LogP contribution in [0.2, 0.25) is 0 Å². The van der Waals surface area contributed by atoms with Gasteiger partial charge in [-0.3, -0.25) is 0 Å². The molecule has 0 radical (unpaired) electrons. The first-order valence-corrected chi connectivity index (χ1v) is 9.89. The van der Waals surface area contributed by atoms with Crippen LogP contribution in [0, 0.1) is 18.5 Å². The van der Waals surface area contributed by atoms with Gasteiger partial charge in [0.2, 0.25) is 0 Å². The molecule has 0 aliphatic heterocycles. The number of rotatable bonds is 4. The Hall–Kier alpha value is -0.590. The number of nitrogens with zero attached hydrogens (tertiary/aromatic N) is 1. The van der Waals surface area contributed by atoms with Gasteiger partial charge in [0, 0.05) is 4.47 Å². The van der Waals surface area contributed by atoms with Crippen molar-refractivity contribution in [3.05, 3.63) is 59.1 Å². The Balaban J connectivity index is 2.41. The molecular weight excluding hydrogens is 580 g/mol. The van der Waals surface area contributed by atoms with Crippen LogP contribution in [0.5, 0.6) is 5.75 Å². The van der Waals surface area contributed by atoms with Gasteiger partial charge in [0.25, 0.3) is 0 Å². The van der Waals surface area contributed by atoms with Gasteiger partial charge in [-0.2, -0.15) is 5.26 Å². The molecule has 0 aliphatic rings. The van der Waals surface area contributed by atoms with Gasteiger partial charge in [-0.05, 0) is 100 Å². The molecule has 0 atom stereocenters. The average molecular weight is 594 g/mol. The molecule has 0 amide bonds. The Morgan fingerprint density at radius 3 is 2.22 bits per heavy atom. The quantitative estimate of drug-likeness (QED) is 0.230. The van der Waals surface area contributed by atoms with E-state index in [9.17, 15) is 5.26 Å². The molecule has 0 saturated heterocycles. The lowest BCUT2D eigenvalue weighted by atomic mass is 10.0. The molecule has 0 aliphatic carbocycles. The summed E-state index contributed by atoms with van der Waals surface area (Å²) in [4.78, 5) is 0. The smallest absolute Gasteiger partial charge is 0.146 e. The Morgan fingerprint density at radius 1 is 1.17 bits per heavy atom. The van der Waals surface area contributed by atoms with E-state index in [2.05, 4.69) is 67.2 Å². The van der Waals surface area contributed by atoms with Crippen LogP contribution in [0.1, 0.15) is 25.0 Å². The predicted molar refractivity (Wildman–Crippen MR) is 115 cm³/mol. The SMILES string of the molecule is CC(C)Oc1c(I)cc(/C=C(/C#N)c2ccc(Br)cc2)cc1I. The van der Waals surface area contributed by atoms with Gasteiger partial charge in [-0.25, -0.2) is 0 Å². The second-order valence-corrected chi connectivity index (χ2v) is 8.40. The highest BCUT2D eigenvalue weighted by Gasteiger charge is 2.10. The predicted octanol–water partition coefficient (Wildman–Crippen LogP) is 6.51. The topological polar surface area (TPSA) is 33.0 Å². The summed E-state index contributed by atoms with van der Waals surface area (Å²) in [5, 5.41) is 9.46. The van der Waals surface area contributed by atoms with Crippen LogP contribution in [0.4, 0.5) is 0 Å². The zero-order chi connectivity index (χ0) is 17.0. The van der Waals surface area contributed by atoms with Crippen molar-refractivity contribution in [1.29, 1.82) is 5.26 Å². The van der Waals surface area contributed by atoms with E-state index in [0.29, 0.717) is 5.57 Å². The average Bonchev–Trinajstić information content (AvgIpc) is 2.49. The first kappa shape index (κ1) is 18.7. The summed E-state index contributed by atoms with van der Waals surface area (Å²) < 4.78 is 8.94. The summed E-state index contributed by atoms with van der Waals surface area (Å²) in [5.74, 6) is 0.903. The summed E-state index contributed by atoms with van der Waals surface area (Å²) in [6.07, 6.45) is 2.04. The summed E-state index contributed by atoms with van der Waals surface area (Å²) in [6, 6.07) is 14.1. The first-order valence-electron chi connectivity index (χ1n) is 6.94. The van der Waals surface area contributed by atoms with Gasteiger partial charge in [0.1, 0.15) is 5.75 Å². The zero-order valence-corrected chi connectivity index (χ0v) is 18.5. The minimum atomic E-state index is 0.135. The van der Waals surface area contributed by atoms with Crippen LogP contribution in [0.25, 0.3) is 11.6 Å². The third-order valence-electron chi connectivity index (χ3n) is 2.96. The third-order valence-corrected chi connectivity index (χ3v) is 5.09. The Morgan fingerprint density at radius 2 is 1.74 bits per heavy atom. The molecule has 0 spiro atoms. The van der Waals surface area contributed by atoms with Crippen LogP contribution < -0.4 is 4.74 Å². The van der Waals surface area contributed by atoms with E-state index in [1.165, 1.54) is 0 Å². The maximum Gasteiger partial charge on any atom is 0.146 e. The second kappa shape index (κ2) is 8.49. The molecule has 118 valence electrons. The largest absolute Gasteiger partial charge is 0.489 e. The second-order valence-electron chi connectivity index (χ2n) is 5.16. The molecule has 0 fully saturated rings. The van der Waals surface area contributed by atoms with Crippen LogP contribution >= 0.6 is 61.1 Å². The molecule has 5 heteroatoms. The van der Waals surface area contributed by atoms with E-state index in [-0.39, 0.29) is 6.10 Å². The van der Waals surface area contributed by atoms with Crippen molar-refractivity contribution in [2.45, 2.75) is 20.0 Å². The number of nitriles is 1. The van der Waals surface area contributed by atoms with Crippen molar-refractivity contribution in [1.82, 2.24) is 0 Å². The van der Waals surface area contributed by atoms with Gasteiger partial charge < -0.3 is 4.74 Å². The molecule has 2 aromatic rings. The molecule has 0 aromatic heterocycles. The number of ether oxygens (including phenoxy) is 1. The van der Waals surface area contributed by atoms with Crippen LogP contribution in [0.3, 0.4) is 0 Å². The number of allylic oxidation sites excluding steroid dienone is 1. The minimum Gasteiger partial charge on any atom is -0.489 e. The van der Waals surface area contributed by atoms with Gasteiger partial charge in [0.05, 0.1) is 24.9 Å². The molecular formula is C18H14BrI2NO. The number of benzene rings is 2. The summed E-state index contributed by atoms with van der Waals surface area (Å²) in [5.41, 5.74) is 2.54. The Labute approximate surface area is 172 Å². The number of hydrogen-bond acceptors (Lipinski definition) is 2. The van der Waals surface area contributed by atoms with E-state index in [4.69, 9.17) is 4.74 Å². The third kappa shape index (κ3) is 5.19. The van der Waals surface area contributed by atoms with Gasteiger partial charge >= 0.3 is 0 Å². The lowest BCUT2D eigenvalue weighted by molar-refractivity contribution is 0.239. The molecule has 2 rings (SSSR count). The van der Waals surface area contributed by atoms with Crippen LogP contribution in [0.15, 0.2) is 40.9 Å². The van der Waals surface area contributed by atoms with E-state index in [0.717, 1.165) is 28.5 Å². The van der Waals surface area contributed by atoms with E-state index >= 15 is 0 Å². The van der Waals surface area contributed by atoms with E-state index in [1.54, 1.807) is 0 Å². The van der Waals surface area contributed by atoms with Crippen LogP contribution in [-0.4, -0.2) is 6.10 Å². The fourth-order valence-corrected chi connectivity index (χ4v) is 4.32. The lowest BCUT2D eigenvalue weighted by Gasteiger charge is -2.14. The van der Waals surface area contributed by atoms with Gasteiger partial charge in [-0.15, -0.1) is 0 Å². The Kier molecular flexibility index (Phi) is 6.92. The van der Waals surface area contributed by atoms with E-state index < -0.39 is 0 Å². The zero-order valence-electron chi connectivity index (χ0n) is 12.6. The van der Waals surface area contributed by atoms with Crippen molar-refractivity contribution in [3.8, 4) is 11.8 Å². The summed E-state index contributed by atoms with van der Waals surface area (Å²) in [6.45, 7) is 4.03. The fraction of sp³-hybridized carbons (Fsp3) is 0.167. The van der Waals surface area contributed by atoms with E-state index in [1.807, 2.05) is 56.3 Å². The van der Waals surface area contributed by atoms with Crippen LogP contribution in [-0.2, 0) is 0 Å². The van der Waals surface area contributed by atoms with Crippen molar-refractivity contribution in [3.63, 3.8) is 0 Å². The van der Waals surface area contributed by atoms with Crippen molar-refractivity contribution >= 4 is 72.8 Å². The molecule has 0 bridgehead atoms. The van der Waals surface area contributed by atoms with Crippen molar-refractivity contribution < 1.29 is 4.74 Å². The van der Waals surface area contributed by atoms with Crippen molar-refractivity contribution in [2.24, 2.45) is 0 Å². The molecule has 0 unspecified atom stereocenters. The van der Waals surface area contributed by atoms with Gasteiger partial charge in [-0.1, -0.05) is 28.1 Å². The Bertz CT molecular complexity index is 754. The van der Waals surface area contributed by atoms with Crippen molar-refractivity contribution in [2.75, 3.05) is 0 Å². The molecule has 2 aromatic carbocycles. The molecule has 0 saturated carbocycles. The minimum absolute atomic E-state index is 0.135. The standard InChI is InChI=1S/C18H14BrI2NO/c1-11(2)23-18-16(20)8-12(9-17(18)21)7-14(10-22)13-3-5-15(19)6-4-13/h3-9,11H,1-2H3/b14-7-. The molecule has 0 N–H and O–H groups in total. The first-order chi connectivity index (χ1) is 10.9. The molecule has 0 heterocycles. The molecule has 2 nitrogen and oxygen atoms in total. The highest BCUT2D eigenvalue weighted by Crippen LogP contribution is 2.31. The molecule has 23 heavy (non-hydrogen) atoms. The fourth-order valence-electron chi connectivity index (χ4n) is 1.99. The monoisotopic (exact) mass is 593 g/mol. The maximum atomic E-state index is 9.46. The highest BCUT2D eigenvalue weighted by atomic mass is 127. The maximum absolute atomic E-state index is 9.46. The number of hydrogen-bond donors (Lipinski definition) is 0. The van der Waals surface area contributed by atoms with Gasteiger partial charge in [0.15, 0.2) is 0 Å². The number of halogens is 3. The summed E-state index contributed by atoms with van der Waals surface area (Å²) >= 11 is 7.96. The highest BCUT2D eigenvalue weighted by molar-refractivity contribution is 14.1. The summed E-state index contributed by atoms with van der Waals surface area (Å²) in [7, 11) is 0. The lowest BCUT2D eigenvalue weighted by Crippen LogP contribution is -2.08. The normalized spacial score (nSPS) is 11.4.